The van der Waals surface area contributed by atoms with Crippen LogP contribution in [0.3, 0.4) is 0 Å². The van der Waals surface area contributed by atoms with Crippen LogP contribution in [0.25, 0.3) is 21.5 Å². The lowest BCUT2D eigenvalue weighted by atomic mass is 9.96. The van der Waals surface area contributed by atoms with Crippen molar-refractivity contribution in [1.82, 2.24) is 0 Å². The Morgan fingerprint density at radius 1 is 1.18 bits per heavy atom. The minimum atomic E-state index is -1.52. The van der Waals surface area contributed by atoms with E-state index in [1.165, 1.54) is 6.07 Å². The van der Waals surface area contributed by atoms with Gasteiger partial charge in [0.15, 0.2) is 11.5 Å². The molecule has 0 saturated heterocycles. The number of rotatable bonds is 1. The van der Waals surface area contributed by atoms with Crippen LogP contribution in [-0.2, 0) is 0 Å². The van der Waals surface area contributed by atoms with Crippen molar-refractivity contribution < 1.29 is 19.7 Å². The zero-order valence-corrected chi connectivity index (χ0v) is 11.6. The third-order valence-corrected chi connectivity index (χ3v) is 3.60. The molecule has 0 unspecified atom stereocenters. The van der Waals surface area contributed by atoms with Crippen molar-refractivity contribution in [2.24, 2.45) is 0 Å². The monoisotopic (exact) mass is 293 g/mol. The van der Waals surface area contributed by atoms with Crippen LogP contribution in [0.4, 0.5) is 4.79 Å². The summed E-state index contributed by atoms with van der Waals surface area (Å²) in [5.74, 6) is -0.389. The summed E-state index contributed by atoms with van der Waals surface area (Å²) in [5.41, 5.74) is 1.16. The van der Waals surface area contributed by atoms with Crippen molar-refractivity contribution in [2.75, 3.05) is 0 Å². The number of phenols is 1. The zero-order chi connectivity index (χ0) is 15.9. The van der Waals surface area contributed by atoms with Crippen molar-refractivity contribution in [2.45, 2.75) is 6.92 Å². The number of aryl methyl sites for hydroxylation is 1. The SMILES string of the molecule is Cc1cccc2c1c(O)c(OC(=O)O)c1cc(C#N)ccc12. The van der Waals surface area contributed by atoms with Crippen molar-refractivity contribution in [3.05, 3.63) is 47.5 Å². The molecule has 0 heterocycles. The molecule has 5 nitrogen and oxygen atoms in total. The largest absolute Gasteiger partial charge is 0.511 e. The molecule has 0 aromatic heterocycles. The Morgan fingerprint density at radius 2 is 1.95 bits per heavy atom. The van der Waals surface area contributed by atoms with Gasteiger partial charge < -0.3 is 14.9 Å². The highest BCUT2D eigenvalue weighted by atomic mass is 16.7. The maximum atomic E-state index is 10.9. The van der Waals surface area contributed by atoms with Crippen molar-refractivity contribution in [1.29, 1.82) is 5.26 Å². The third-order valence-electron chi connectivity index (χ3n) is 3.60. The first-order chi connectivity index (χ1) is 10.5. The van der Waals surface area contributed by atoms with Crippen LogP contribution in [0.15, 0.2) is 36.4 Å². The lowest BCUT2D eigenvalue weighted by Crippen LogP contribution is -2.04. The Morgan fingerprint density at radius 3 is 2.64 bits per heavy atom. The first-order valence-corrected chi connectivity index (χ1v) is 6.52. The number of benzene rings is 3. The molecule has 0 aliphatic carbocycles. The highest BCUT2D eigenvalue weighted by Crippen LogP contribution is 2.44. The molecule has 3 aromatic carbocycles. The number of fused-ring (bicyclic) bond motifs is 3. The van der Waals surface area contributed by atoms with Crippen LogP contribution in [0, 0.1) is 18.3 Å². The Labute approximate surface area is 125 Å². The molecule has 3 aromatic rings. The molecule has 2 N–H and O–H groups in total. The summed E-state index contributed by atoms with van der Waals surface area (Å²) in [4.78, 5) is 10.9. The standard InChI is InChI=1S/C17H11NO4/c1-9-3-2-4-12-11-6-5-10(8-18)7-13(11)16(22-17(20)21)15(19)14(9)12/h2-7,19H,1H3,(H,20,21). The van der Waals surface area contributed by atoms with E-state index in [-0.39, 0.29) is 11.5 Å². The van der Waals surface area contributed by atoms with Crippen molar-refractivity contribution in [3.63, 3.8) is 0 Å². The maximum Gasteiger partial charge on any atom is 0.511 e. The predicted molar refractivity (Wildman–Crippen MR) is 81.2 cm³/mol. The summed E-state index contributed by atoms with van der Waals surface area (Å²) in [7, 11) is 0. The van der Waals surface area contributed by atoms with Gasteiger partial charge >= 0.3 is 6.16 Å². The average molecular weight is 293 g/mol. The molecule has 0 fully saturated rings. The fourth-order valence-corrected chi connectivity index (χ4v) is 2.67. The van der Waals surface area contributed by atoms with Crippen LogP contribution in [0.5, 0.6) is 11.5 Å². The van der Waals surface area contributed by atoms with Crippen LogP contribution < -0.4 is 4.74 Å². The number of aromatic hydroxyl groups is 1. The number of nitrogens with zero attached hydrogens (tertiary/aromatic N) is 1. The average Bonchev–Trinajstić information content (AvgIpc) is 2.50. The molecule has 0 atom stereocenters. The van der Waals surface area contributed by atoms with Gasteiger partial charge in [0.25, 0.3) is 0 Å². The zero-order valence-electron chi connectivity index (χ0n) is 11.6. The van der Waals surface area contributed by atoms with Crippen LogP contribution in [-0.4, -0.2) is 16.4 Å². The van der Waals surface area contributed by atoms with Gasteiger partial charge in [0.2, 0.25) is 0 Å². The van der Waals surface area contributed by atoms with E-state index < -0.39 is 6.16 Å². The molecular weight excluding hydrogens is 282 g/mol. The van der Waals surface area contributed by atoms with Crippen molar-refractivity contribution in [3.8, 4) is 17.6 Å². The fraction of sp³-hybridized carbons (Fsp3) is 0.0588. The molecule has 5 heteroatoms. The summed E-state index contributed by atoms with van der Waals surface area (Å²) in [5, 5.41) is 30.8. The Balaban J connectivity index is 2.56. The van der Waals surface area contributed by atoms with E-state index in [1.54, 1.807) is 12.1 Å². The second kappa shape index (κ2) is 4.93. The molecule has 0 radical (unpaired) electrons. The van der Waals surface area contributed by atoms with Gasteiger partial charge in [-0.1, -0.05) is 24.3 Å². The van der Waals surface area contributed by atoms with E-state index >= 15 is 0 Å². The molecule has 22 heavy (non-hydrogen) atoms. The van der Waals surface area contributed by atoms with Gasteiger partial charge in [0, 0.05) is 10.8 Å². The highest BCUT2D eigenvalue weighted by molar-refractivity contribution is 6.15. The first-order valence-electron chi connectivity index (χ1n) is 6.52. The van der Waals surface area contributed by atoms with Crippen LogP contribution >= 0.6 is 0 Å². The van der Waals surface area contributed by atoms with Gasteiger partial charge in [-0.25, -0.2) is 4.79 Å². The summed E-state index contributed by atoms with van der Waals surface area (Å²) in [6, 6.07) is 12.4. The predicted octanol–water partition coefficient (Wildman–Crippen LogP) is 3.94. The summed E-state index contributed by atoms with van der Waals surface area (Å²) in [6.07, 6.45) is -1.52. The van der Waals surface area contributed by atoms with Gasteiger partial charge in [-0.2, -0.15) is 5.26 Å². The number of hydrogen-bond acceptors (Lipinski definition) is 4. The molecular formula is C17H11NO4. The van der Waals surface area contributed by atoms with E-state index in [9.17, 15) is 9.90 Å². The summed E-state index contributed by atoms with van der Waals surface area (Å²) < 4.78 is 4.78. The quantitative estimate of drug-likeness (QED) is 0.403. The number of ether oxygens (including phenoxy) is 1. The Kier molecular flexibility index (Phi) is 3.08. The molecule has 3 rings (SSSR count). The topological polar surface area (TPSA) is 90.6 Å². The first kappa shape index (κ1) is 13.7. The number of phenolic OH excluding ortho intramolecular Hbond substituents is 1. The van der Waals surface area contributed by atoms with Crippen molar-refractivity contribution >= 4 is 27.7 Å². The molecule has 0 spiro atoms. The van der Waals surface area contributed by atoms with E-state index in [2.05, 4.69) is 0 Å². The number of carboxylic acid groups (broad SMARTS) is 1. The summed E-state index contributed by atoms with van der Waals surface area (Å²) in [6.45, 7) is 1.82. The van der Waals surface area contributed by atoms with Crippen LogP contribution in [0.1, 0.15) is 11.1 Å². The molecule has 0 aliphatic heterocycles. The smallest absolute Gasteiger partial charge is 0.504 e. The van der Waals surface area contributed by atoms with E-state index in [0.717, 1.165) is 10.9 Å². The van der Waals surface area contributed by atoms with E-state index in [0.29, 0.717) is 21.7 Å². The maximum absolute atomic E-state index is 10.9. The number of nitriles is 1. The highest BCUT2D eigenvalue weighted by Gasteiger charge is 2.19. The molecule has 0 amide bonds. The lowest BCUT2D eigenvalue weighted by molar-refractivity contribution is 0.143. The number of carbonyl (C=O) groups is 1. The van der Waals surface area contributed by atoms with E-state index in [1.807, 2.05) is 31.2 Å². The van der Waals surface area contributed by atoms with Gasteiger partial charge in [-0.05, 0) is 35.4 Å². The Hall–Kier alpha value is -3.26. The molecule has 0 saturated carbocycles. The van der Waals surface area contributed by atoms with Crippen LogP contribution in [0.2, 0.25) is 0 Å². The normalized spacial score (nSPS) is 10.5. The molecule has 108 valence electrons. The lowest BCUT2D eigenvalue weighted by Gasteiger charge is -2.13. The molecule has 0 bridgehead atoms. The van der Waals surface area contributed by atoms with Gasteiger partial charge in [0.05, 0.1) is 11.6 Å². The molecule has 0 aliphatic rings. The van der Waals surface area contributed by atoms with Gasteiger partial charge in [-0.15, -0.1) is 0 Å². The second-order valence-corrected chi connectivity index (χ2v) is 4.92. The summed E-state index contributed by atoms with van der Waals surface area (Å²) >= 11 is 0. The van der Waals surface area contributed by atoms with Gasteiger partial charge in [0.1, 0.15) is 0 Å². The van der Waals surface area contributed by atoms with E-state index in [4.69, 9.17) is 15.1 Å². The fourth-order valence-electron chi connectivity index (χ4n) is 2.67. The Bertz CT molecular complexity index is 970. The second-order valence-electron chi connectivity index (χ2n) is 4.92. The minimum Gasteiger partial charge on any atom is -0.504 e. The van der Waals surface area contributed by atoms with Gasteiger partial charge in [-0.3, -0.25) is 0 Å². The number of hydrogen-bond donors (Lipinski definition) is 2. The third kappa shape index (κ3) is 1.98. The minimum absolute atomic E-state index is 0.151.